The van der Waals surface area contributed by atoms with E-state index in [1.54, 1.807) is 0 Å². The molecule has 0 fully saturated rings. The summed E-state index contributed by atoms with van der Waals surface area (Å²) < 4.78 is 5.73. The lowest BCUT2D eigenvalue weighted by atomic mass is 10.1. The molecule has 1 heterocycles. The third-order valence-electron chi connectivity index (χ3n) is 3.65. The van der Waals surface area contributed by atoms with Crippen LogP contribution in [-0.4, -0.2) is 29.0 Å². The second-order valence-corrected chi connectivity index (χ2v) is 5.54. The third-order valence-corrected chi connectivity index (χ3v) is 3.65. The molecule has 1 N–H and O–H groups in total. The monoisotopic (exact) mass is 261 g/mol. The van der Waals surface area contributed by atoms with E-state index in [2.05, 4.69) is 26.8 Å². The van der Waals surface area contributed by atoms with E-state index < -0.39 is 0 Å². The van der Waals surface area contributed by atoms with Gasteiger partial charge in [-0.2, -0.15) is 5.06 Å². The van der Waals surface area contributed by atoms with Crippen LogP contribution >= 0.6 is 0 Å². The van der Waals surface area contributed by atoms with Crippen molar-refractivity contribution < 1.29 is 9.94 Å². The molecule has 3 heteroatoms. The molecule has 0 unspecified atom stereocenters. The second-order valence-electron chi connectivity index (χ2n) is 5.54. The van der Waals surface area contributed by atoms with Crippen molar-refractivity contribution in [3.8, 4) is 0 Å². The summed E-state index contributed by atoms with van der Waals surface area (Å²) >= 11 is 0. The fraction of sp³-hybridized carbons (Fsp3) is 0.500. The van der Waals surface area contributed by atoms with E-state index in [-0.39, 0.29) is 12.1 Å². The summed E-state index contributed by atoms with van der Waals surface area (Å²) in [7, 11) is 0. The number of ether oxygens (including phenoxy) is 1. The summed E-state index contributed by atoms with van der Waals surface area (Å²) in [6.07, 6.45) is 2.14. The first-order valence-corrected chi connectivity index (χ1v) is 6.86. The lowest BCUT2D eigenvalue weighted by Crippen LogP contribution is -2.40. The van der Waals surface area contributed by atoms with Crippen LogP contribution in [0.15, 0.2) is 42.0 Å². The maximum atomic E-state index is 10.2. The van der Waals surface area contributed by atoms with Crippen LogP contribution in [0.25, 0.3) is 0 Å². The molecule has 2 atom stereocenters. The van der Waals surface area contributed by atoms with E-state index in [0.29, 0.717) is 19.1 Å². The summed E-state index contributed by atoms with van der Waals surface area (Å²) in [5, 5.41) is 11.6. The van der Waals surface area contributed by atoms with Crippen LogP contribution in [0.5, 0.6) is 0 Å². The van der Waals surface area contributed by atoms with Gasteiger partial charge in [-0.1, -0.05) is 55.8 Å². The van der Waals surface area contributed by atoms with Crippen molar-refractivity contribution in [3.63, 3.8) is 0 Å². The zero-order valence-electron chi connectivity index (χ0n) is 11.9. The first kappa shape index (κ1) is 14.3. The van der Waals surface area contributed by atoms with E-state index in [1.807, 2.05) is 30.3 Å². The lowest BCUT2D eigenvalue weighted by molar-refractivity contribution is -0.151. The molecule has 1 aliphatic heterocycles. The Bertz CT molecular complexity index is 428. The summed E-state index contributed by atoms with van der Waals surface area (Å²) in [5.41, 5.74) is 2.35. The van der Waals surface area contributed by atoms with Gasteiger partial charge in [0.05, 0.1) is 25.3 Å². The van der Waals surface area contributed by atoms with Crippen molar-refractivity contribution >= 4 is 0 Å². The number of hydrogen-bond donors (Lipinski definition) is 1. The van der Waals surface area contributed by atoms with Crippen LogP contribution in [0.1, 0.15) is 26.3 Å². The highest BCUT2D eigenvalue weighted by Gasteiger charge is 2.33. The third kappa shape index (κ3) is 3.44. The second kappa shape index (κ2) is 6.33. The van der Waals surface area contributed by atoms with Crippen LogP contribution in [0, 0.1) is 5.92 Å². The van der Waals surface area contributed by atoms with Gasteiger partial charge >= 0.3 is 0 Å². The first-order valence-electron chi connectivity index (χ1n) is 6.86. The molecule has 0 amide bonds. The van der Waals surface area contributed by atoms with E-state index in [1.165, 1.54) is 10.6 Å². The van der Waals surface area contributed by atoms with Crippen molar-refractivity contribution in [1.29, 1.82) is 0 Å². The van der Waals surface area contributed by atoms with Crippen LogP contribution in [0.4, 0.5) is 0 Å². The molecule has 19 heavy (non-hydrogen) atoms. The Kier molecular flexibility index (Phi) is 4.75. The number of benzene rings is 1. The van der Waals surface area contributed by atoms with Crippen molar-refractivity contribution in [2.75, 3.05) is 6.61 Å². The Morgan fingerprint density at radius 3 is 2.53 bits per heavy atom. The molecule has 0 saturated heterocycles. The molecule has 104 valence electrons. The van der Waals surface area contributed by atoms with Crippen molar-refractivity contribution in [3.05, 3.63) is 47.5 Å². The van der Waals surface area contributed by atoms with Crippen molar-refractivity contribution in [1.82, 2.24) is 5.06 Å². The number of hydrogen-bond acceptors (Lipinski definition) is 3. The van der Waals surface area contributed by atoms with E-state index in [0.717, 1.165) is 5.56 Å². The lowest BCUT2D eigenvalue weighted by Gasteiger charge is -2.27. The van der Waals surface area contributed by atoms with Crippen LogP contribution < -0.4 is 0 Å². The van der Waals surface area contributed by atoms with Crippen LogP contribution in [-0.2, 0) is 11.3 Å². The topological polar surface area (TPSA) is 32.7 Å². The fourth-order valence-corrected chi connectivity index (χ4v) is 2.44. The van der Waals surface area contributed by atoms with Gasteiger partial charge < -0.3 is 9.94 Å². The van der Waals surface area contributed by atoms with Gasteiger partial charge in [0.25, 0.3) is 0 Å². The highest BCUT2D eigenvalue weighted by molar-refractivity contribution is 5.19. The summed E-state index contributed by atoms with van der Waals surface area (Å²) in [6, 6.07) is 10.2. The molecule has 0 bridgehead atoms. The zero-order valence-corrected chi connectivity index (χ0v) is 11.9. The first-order chi connectivity index (χ1) is 9.09. The van der Waals surface area contributed by atoms with E-state index in [4.69, 9.17) is 4.74 Å². The quantitative estimate of drug-likeness (QED) is 0.826. The van der Waals surface area contributed by atoms with Gasteiger partial charge in [-0.05, 0) is 18.4 Å². The van der Waals surface area contributed by atoms with Crippen LogP contribution in [0.2, 0.25) is 0 Å². The molecule has 1 aromatic rings. The largest absolute Gasteiger partial charge is 0.375 e. The Hall–Kier alpha value is -1.16. The molecule has 0 radical (unpaired) electrons. The summed E-state index contributed by atoms with van der Waals surface area (Å²) in [4.78, 5) is 0. The maximum absolute atomic E-state index is 10.2. The highest BCUT2D eigenvalue weighted by atomic mass is 16.5. The minimum atomic E-state index is -0.0175. The minimum Gasteiger partial charge on any atom is -0.375 e. The molecule has 0 spiro atoms. The maximum Gasteiger partial charge on any atom is 0.0798 e. The Morgan fingerprint density at radius 2 is 1.95 bits per heavy atom. The van der Waals surface area contributed by atoms with Gasteiger partial charge in [-0.3, -0.25) is 0 Å². The predicted octanol–water partition coefficient (Wildman–Crippen LogP) is 3.25. The average Bonchev–Trinajstić information content (AvgIpc) is 2.68. The Balaban J connectivity index is 1.85. The standard InChI is InChI=1S/C16H23NO2/c1-12(2)15-9-13(3)16(17(15)18)11-19-10-14-7-5-4-6-8-14/h4-9,12,15-16,18H,10-11H2,1-3H3/t15-,16+/m0/s1. The summed E-state index contributed by atoms with van der Waals surface area (Å²) in [5.74, 6) is 0.402. The molecule has 0 aliphatic carbocycles. The molecule has 1 aliphatic rings. The van der Waals surface area contributed by atoms with E-state index in [9.17, 15) is 5.21 Å². The molecule has 1 aromatic carbocycles. The van der Waals surface area contributed by atoms with Gasteiger partial charge in [-0.25, -0.2) is 0 Å². The molecule has 3 nitrogen and oxygen atoms in total. The smallest absolute Gasteiger partial charge is 0.0798 e. The molecular weight excluding hydrogens is 238 g/mol. The number of nitrogens with zero attached hydrogens (tertiary/aromatic N) is 1. The van der Waals surface area contributed by atoms with Crippen molar-refractivity contribution in [2.24, 2.45) is 5.92 Å². The van der Waals surface area contributed by atoms with Gasteiger partial charge in [0, 0.05) is 0 Å². The highest BCUT2D eigenvalue weighted by Crippen LogP contribution is 2.26. The van der Waals surface area contributed by atoms with Gasteiger partial charge in [0.15, 0.2) is 0 Å². The van der Waals surface area contributed by atoms with Crippen LogP contribution in [0.3, 0.4) is 0 Å². The van der Waals surface area contributed by atoms with Gasteiger partial charge in [0.1, 0.15) is 0 Å². The number of hydroxylamine groups is 2. The zero-order chi connectivity index (χ0) is 13.8. The molecule has 0 saturated carbocycles. The fourth-order valence-electron chi connectivity index (χ4n) is 2.44. The average molecular weight is 261 g/mol. The molecule has 2 rings (SSSR count). The van der Waals surface area contributed by atoms with E-state index >= 15 is 0 Å². The van der Waals surface area contributed by atoms with Crippen molar-refractivity contribution in [2.45, 2.75) is 39.5 Å². The Morgan fingerprint density at radius 1 is 1.26 bits per heavy atom. The van der Waals surface area contributed by atoms with Gasteiger partial charge in [-0.15, -0.1) is 0 Å². The molecule has 0 aromatic heterocycles. The minimum absolute atomic E-state index is 0.0175. The normalized spacial score (nSPS) is 23.9. The molecular formula is C16H23NO2. The summed E-state index contributed by atoms with van der Waals surface area (Å²) in [6.45, 7) is 7.40. The number of rotatable bonds is 5. The van der Waals surface area contributed by atoms with Gasteiger partial charge in [0.2, 0.25) is 0 Å². The SMILES string of the molecule is CC1=C[C@@H](C(C)C)N(O)[C@@H]1COCc1ccccc1. The predicted molar refractivity (Wildman–Crippen MR) is 75.9 cm³/mol. The Labute approximate surface area is 115 Å².